The summed E-state index contributed by atoms with van der Waals surface area (Å²) in [5.41, 5.74) is 7.27. The number of halogens is 1. The molecule has 2 N–H and O–H groups in total. The lowest BCUT2D eigenvalue weighted by molar-refractivity contribution is 1.04. The molecule has 1 saturated carbocycles. The third-order valence-electron chi connectivity index (χ3n) is 2.95. The Balaban J connectivity index is 2.33. The zero-order valence-corrected chi connectivity index (χ0v) is 9.87. The molecule has 78 valence electrons. The Kier molecular flexibility index (Phi) is 2.23. The van der Waals surface area contributed by atoms with Gasteiger partial charge in [0.15, 0.2) is 0 Å². The molecule has 1 aliphatic rings. The molecule has 15 heavy (non-hydrogen) atoms. The van der Waals surface area contributed by atoms with Crippen LogP contribution in [0, 0.1) is 0 Å². The highest BCUT2D eigenvalue weighted by molar-refractivity contribution is 7.20. The highest BCUT2D eigenvalue weighted by atomic mass is 35.5. The first-order chi connectivity index (χ1) is 7.31. The van der Waals surface area contributed by atoms with Crippen molar-refractivity contribution in [2.45, 2.75) is 25.3 Å². The summed E-state index contributed by atoms with van der Waals surface area (Å²) in [7, 11) is 0. The highest BCUT2D eigenvalue weighted by Gasteiger charge is 2.29. The Hall–Kier alpha value is -0.570. The van der Waals surface area contributed by atoms with Gasteiger partial charge in [-0.05, 0) is 35.8 Å². The van der Waals surface area contributed by atoms with Gasteiger partial charge < -0.3 is 5.73 Å². The minimum Gasteiger partial charge on any atom is -0.326 e. The molecule has 1 fully saturated rings. The number of thiophene rings is 1. The van der Waals surface area contributed by atoms with Crippen LogP contribution in [0.15, 0.2) is 18.2 Å². The summed E-state index contributed by atoms with van der Waals surface area (Å²) >= 11 is 7.96. The van der Waals surface area contributed by atoms with Crippen LogP contribution < -0.4 is 5.73 Å². The summed E-state index contributed by atoms with van der Waals surface area (Å²) in [5, 5.41) is 2.19. The zero-order valence-electron chi connectivity index (χ0n) is 8.29. The summed E-state index contributed by atoms with van der Waals surface area (Å²) in [4.78, 5) is 1.32. The molecule has 0 bridgehead atoms. The first-order valence-electron chi connectivity index (χ1n) is 5.21. The number of fused-ring (bicyclic) bond motifs is 1. The van der Waals surface area contributed by atoms with Gasteiger partial charge in [-0.25, -0.2) is 0 Å². The number of hydrogen-bond acceptors (Lipinski definition) is 2. The van der Waals surface area contributed by atoms with Gasteiger partial charge in [-0.2, -0.15) is 0 Å². The second kappa shape index (κ2) is 3.48. The highest BCUT2D eigenvalue weighted by Crippen LogP contribution is 2.48. The zero-order chi connectivity index (χ0) is 10.4. The van der Waals surface area contributed by atoms with Gasteiger partial charge in [0.05, 0.1) is 9.72 Å². The van der Waals surface area contributed by atoms with Gasteiger partial charge in [0, 0.05) is 11.4 Å². The molecule has 0 aliphatic heterocycles. The van der Waals surface area contributed by atoms with Crippen molar-refractivity contribution in [2.24, 2.45) is 5.73 Å². The summed E-state index contributed by atoms with van der Waals surface area (Å²) in [6.45, 7) is 0.640. The SMILES string of the molecule is NCc1sc2c(Cl)cccc2c1C1CC1. The van der Waals surface area contributed by atoms with Crippen LogP contribution in [0.25, 0.3) is 10.1 Å². The van der Waals surface area contributed by atoms with E-state index in [1.54, 1.807) is 11.3 Å². The average molecular weight is 238 g/mol. The van der Waals surface area contributed by atoms with Crippen molar-refractivity contribution < 1.29 is 0 Å². The summed E-state index contributed by atoms with van der Waals surface area (Å²) in [6, 6.07) is 6.16. The van der Waals surface area contributed by atoms with Gasteiger partial charge in [-0.1, -0.05) is 23.7 Å². The number of hydrogen-bond donors (Lipinski definition) is 1. The molecule has 0 atom stereocenters. The fourth-order valence-corrected chi connectivity index (χ4v) is 3.58. The molecule has 0 unspecified atom stereocenters. The first-order valence-corrected chi connectivity index (χ1v) is 6.40. The fourth-order valence-electron chi connectivity index (χ4n) is 2.12. The van der Waals surface area contributed by atoms with Crippen LogP contribution in [0.5, 0.6) is 0 Å². The van der Waals surface area contributed by atoms with Crippen LogP contribution in [-0.4, -0.2) is 0 Å². The standard InChI is InChI=1S/C12H12ClNS/c13-9-3-1-2-8-11(7-4-5-7)10(6-14)15-12(8)9/h1-3,7H,4-6,14H2. The quantitative estimate of drug-likeness (QED) is 0.843. The van der Waals surface area contributed by atoms with Gasteiger partial charge in [0.25, 0.3) is 0 Å². The largest absolute Gasteiger partial charge is 0.326 e. The van der Waals surface area contributed by atoms with Crippen molar-refractivity contribution >= 4 is 33.0 Å². The molecule has 0 amide bonds. The van der Waals surface area contributed by atoms with E-state index < -0.39 is 0 Å². The van der Waals surface area contributed by atoms with Crippen molar-refractivity contribution in [2.75, 3.05) is 0 Å². The molecule has 1 aromatic heterocycles. The maximum atomic E-state index is 6.19. The van der Waals surface area contributed by atoms with E-state index >= 15 is 0 Å². The molecule has 0 radical (unpaired) electrons. The summed E-state index contributed by atoms with van der Waals surface area (Å²) in [6.07, 6.45) is 2.62. The van der Waals surface area contributed by atoms with Crippen LogP contribution >= 0.6 is 22.9 Å². The Morgan fingerprint density at radius 2 is 2.20 bits per heavy atom. The van der Waals surface area contributed by atoms with Gasteiger partial charge in [-0.3, -0.25) is 0 Å². The normalized spacial score (nSPS) is 16.1. The van der Waals surface area contributed by atoms with Crippen molar-refractivity contribution in [1.82, 2.24) is 0 Å². The molecule has 0 saturated heterocycles. The van der Waals surface area contributed by atoms with Crippen LogP contribution in [0.2, 0.25) is 5.02 Å². The van der Waals surface area contributed by atoms with E-state index in [2.05, 4.69) is 6.07 Å². The third-order valence-corrected chi connectivity index (χ3v) is 4.66. The lowest BCUT2D eigenvalue weighted by Gasteiger charge is -1.99. The van der Waals surface area contributed by atoms with Crippen LogP contribution in [0.4, 0.5) is 0 Å². The Bertz CT molecular complexity index is 514. The third kappa shape index (κ3) is 1.48. The van der Waals surface area contributed by atoms with E-state index in [1.165, 1.54) is 33.4 Å². The maximum absolute atomic E-state index is 6.19. The second-order valence-electron chi connectivity index (χ2n) is 4.03. The molecule has 3 heteroatoms. The van der Waals surface area contributed by atoms with Crippen LogP contribution in [-0.2, 0) is 6.54 Å². The lowest BCUT2D eigenvalue weighted by atomic mass is 10.1. The van der Waals surface area contributed by atoms with E-state index in [-0.39, 0.29) is 0 Å². The summed E-state index contributed by atoms with van der Waals surface area (Å²) < 4.78 is 1.21. The molecule has 2 aromatic rings. The Labute approximate surface area is 97.9 Å². The molecule has 1 aliphatic carbocycles. The van der Waals surface area contributed by atoms with Crippen LogP contribution in [0.1, 0.15) is 29.2 Å². The molecule has 1 heterocycles. The lowest BCUT2D eigenvalue weighted by Crippen LogP contribution is -1.96. The van der Waals surface area contributed by atoms with E-state index in [0.29, 0.717) is 6.54 Å². The van der Waals surface area contributed by atoms with E-state index in [4.69, 9.17) is 17.3 Å². The minimum absolute atomic E-state index is 0.640. The fraction of sp³-hybridized carbons (Fsp3) is 0.333. The maximum Gasteiger partial charge on any atom is 0.0584 e. The molecular formula is C12H12ClNS. The van der Waals surface area contributed by atoms with Crippen LogP contribution in [0.3, 0.4) is 0 Å². The van der Waals surface area contributed by atoms with E-state index in [1.807, 2.05) is 12.1 Å². The van der Waals surface area contributed by atoms with Gasteiger partial charge in [-0.15, -0.1) is 11.3 Å². The number of rotatable bonds is 2. The van der Waals surface area contributed by atoms with Gasteiger partial charge in [0.2, 0.25) is 0 Å². The Morgan fingerprint density at radius 1 is 1.40 bits per heavy atom. The second-order valence-corrected chi connectivity index (χ2v) is 5.55. The first kappa shape index (κ1) is 9.64. The number of nitrogens with two attached hydrogens (primary N) is 1. The van der Waals surface area contributed by atoms with Gasteiger partial charge >= 0.3 is 0 Å². The molecule has 1 aromatic carbocycles. The smallest absolute Gasteiger partial charge is 0.0584 e. The average Bonchev–Trinajstić information content (AvgIpc) is 3.00. The molecule has 1 nitrogen and oxygen atoms in total. The summed E-state index contributed by atoms with van der Waals surface area (Å²) in [5.74, 6) is 0.746. The van der Waals surface area contributed by atoms with Gasteiger partial charge in [0.1, 0.15) is 0 Å². The predicted octanol–water partition coefficient (Wildman–Crippen LogP) is 3.89. The number of benzene rings is 1. The molecule has 0 spiro atoms. The topological polar surface area (TPSA) is 26.0 Å². The monoisotopic (exact) mass is 237 g/mol. The van der Waals surface area contributed by atoms with Crippen molar-refractivity contribution in [1.29, 1.82) is 0 Å². The molecule has 3 rings (SSSR count). The molecular weight excluding hydrogens is 226 g/mol. The van der Waals surface area contributed by atoms with E-state index in [0.717, 1.165) is 10.9 Å². The van der Waals surface area contributed by atoms with E-state index in [9.17, 15) is 0 Å². The predicted molar refractivity (Wildman–Crippen MR) is 66.7 cm³/mol. The van der Waals surface area contributed by atoms with Crippen molar-refractivity contribution in [3.8, 4) is 0 Å². The minimum atomic E-state index is 0.640. The van der Waals surface area contributed by atoms with Crippen molar-refractivity contribution in [3.63, 3.8) is 0 Å². The Morgan fingerprint density at radius 3 is 2.87 bits per heavy atom. The van der Waals surface area contributed by atoms with Crippen molar-refractivity contribution in [3.05, 3.63) is 33.7 Å².